The highest BCUT2D eigenvalue weighted by Gasteiger charge is 2.62. The van der Waals surface area contributed by atoms with E-state index in [1.807, 2.05) is 44.2 Å². The number of amides is 4. The van der Waals surface area contributed by atoms with E-state index in [1.54, 1.807) is 20.8 Å². The Balaban J connectivity index is 1.34. The van der Waals surface area contributed by atoms with Crippen LogP contribution >= 0.6 is 0 Å². The van der Waals surface area contributed by atoms with E-state index in [1.165, 1.54) is 15.8 Å². The maximum absolute atomic E-state index is 14.6. The van der Waals surface area contributed by atoms with Gasteiger partial charge in [0.1, 0.15) is 23.2 Å². The summed E-state index contributed by atoms with van der Waals surface area (Å²) < 4.78 is 33.4. The molecule has 16 heteroatoms. The average molecular weight is 737 g/mol. The number of hydrogen-bond donors (Lipinski definition) is 3. The lowest BCUT2D eigenvalue weighted by Gasteiger charge is -2.36. The molecule has 0 spiro atoms. The van der Waals surface area contributed by atoms with E-state index in [0.29, 0.717) is 25.1 Å². The standard InChI is InChI=1S/C36H48N8O7S/c1-7-24-20-36(24,32(47)41-52(49,50)26-15-16-26)38-30(45)27-19-25-21-43(27)31(46)28(34(2,3)4)37-33(48)51-35(5,6)17-10-8-9-12-22-13-11-14-23(18-22)29-39-42-44(25)40-29/h7,9,11-14,18,24-28H,1,8,10,15-17,19-21H2,2-6H3,(H,37,48)(H,38,45)(H,41,47)/b12-9-/t24-,25-,27+,28+,36-/m1/s1. The third-order valence-electron chi connectivity index (χ3n) is 10.2. The molecule has 1 saturated heterocycles. The fraction of sp³-hybridized carbons (Fsp3) is 0.583. The van der Waals surface area contributed by atoms with E-state index in [9.17, 15) is 27.6 Å². The molecule has 2 aliphatic carbocycles. The van der Waals surface area contributed by atoms with Crippen molar-refractivity contribution in [2.75, 3.05) is 6.54 Å². The Morgan fingerprint density at radius 3 is 2.60 bits per heavy atom. The number of carbonyl (C=O) groups is 4. The first-order valence-electron chi connectivity index (χ1n) is 17.8. The van der Waals surface area contributed by atoms with Gasteiger partial charge in [-0.1, -0.05) is 57.2 Å². The molecule has 4 aliphatic rings. The molecule has 15 nitrogen and oxygen atoms in total. The number of fused-ring (bicyclic) bond motifs is 8. The molecule has 280 valence electrons. The summed E-state index contributed by atoms with van der Waals surface area (Å²) in [5.74, 6) is -2.19. The van der Waals surface area contributed by atoms with Gasteiger partial charge in [-0.05, 0) is 74.6 Å². The fourth-order valence-corrected chi connectivity index (χ4v) is 8.26. The topological polar surface area (TPSA) is 195 Å². The lowest BCUT2D eigenvalue weighted by Crippen LogP contribution is -2.60. The van der Waals surface area contributed by atoms with Crippen molar-refractivity contribution in [1.82, 2.24) is 40.5 Å². The van der Waals surface area contributed by atoms with Crippen LogP contribution in [0.25, 0.3) is 17.5 Å². The van der Waals surface area contributed by atoms with Gasteiger partial charge in [0.05, 0.1) is 11.3 Å². The minimum Gasteiger partial charge on any atom is -0.444 e. The first kappa shape index (κ1) is 37.2. The van der Waals surface area contributed by atoms with Crippen LogP contribution in [0.5, 0.6) is 0 Å². The maximum Gasteiger partial charge on any atom is 0.408 e. The van der Waals surface area contributed by atoms with E-state index >= 15 is 0 Å². The van der Waals surface area contributed by atoms with Crippen molar-refractivity contribution in [3.8, 4) is 11.4 Å². The van der Waals surface area contributed by atoms with Gasteiger partial charge < -0.3 is 20.3 Å². The van der Waals surface area contributed by atoms with Crippen LogP contribution < -0.4 is 15.4 Å². The number of cyclic esters (lactones) is 1. The monoisotopic (exact) mass is 736 g/mol. The number of allylic oxidation sites excluding steroid dienone is 1. The summed E-state index contributed by atoms with van der Waals surface area (Å²) in [6.07, 6.45) is 8.01. The zero-order chi connectivity index (χ0) is 37.6. The molecule has 6 bridgehead atoms. The average Bonchev–Trinajstić information content (AvgIpc) is 3.94. The zero-order valence-corrected chi connectivity index (χ0v) is 31.1. The Morgan fingerprint density at radius 2 is 1.92 bits per heavy atom. The third-order valence-corrected chi connectivity index (χ3v) is 12.0. The number of ether oxygens (including phenoxy) is 1. The number of aromatic nitrogens is 4. The van der Waals surface area contributed by atoms with Crippen LogP contribution in [0.2, 0.25) is 0 Å². The summed E-state index contributed by atoms with van der Waals surface area (Å²) in [6.45, 7) is 12.8. The fourth-order valence-electron chi connectivity index (χ4n) is 6.90. The quantitative estimate of drug-likeness (QED) is 0.371. The Morgan fingerprint density at radius 1 is 1.17 bits per heavy atom. The summed E-state index contributed by atoms with van der Waals surface area (Å²) in [4.78, 5) is 58.4. The van der Waals surface area contributed by atoms with Gasteiger partial charge in [0, 0.05) is 24.4 Å². The first-order chi connectivity index (χ1) is 24.4. The van der Waals surface area contributed by atoms with Gasteiger partial charge in [0.25, 0.3) is 5.91 Å². The molecule has 0 unspecified atom stereocenters. The second kappa shape index (κ2) is 13.7. The zero-order valence-electron chi connectivity index (χ0n) is 30.3. The van der Waals surface area contributed by atoms with Gasteiger partial charge in [-0.25, -0.2) is 13.2 Å². The molecule has 2 aromatic rings. The van der Waals surface area contributed by atoms with Gasteiger partial charge in [-0.3, -0.25) is 19.1 Å². The van der Waals surface area contributed by atoms with Gasteiger partial charge in [0.15, 0.2) is 0 Å². The molecular weight excluding hydrogens is 689 g/mol. The maximum atomic E-state index is 14.6. The lowest BCUT2D eigenvalue weighted by molar-refractivity contribution is -0.143. The lowest BCUT2D eigenvalue weighted by atomic mass is 9.85. The highest BCUT2D eigenvalue weighted by atomic mass is 32.2. The summed E-state index contributed by atoms with van der Waals surface area (Å²) in [7, 11) is -3.89. The number of benzene rings is 1. The highest BCUT2D eigenvalue weighted by molar-refractivity contribution is 7.91. The number of rotatable bonds is 6. The number of sulfonamides is 1. The van der Waals surface area contributed by atoms with Crippen molar-refractivity contribution in [2.45, 2.75) is 114 Å². The van der Waals surface area contributed by atoms with E-state index in [0.717, 1.165) is 24.0 Å². The Kier molecular flexibility index (Phi) is 9.83. The van der Waals surface area contributed by atoms with Gasteiger partial charge in [0.2, 0.25) is 27.7 Å². The van der Waals surface area contributed by atoms with Crippen LogP contribution in [-0.2, 0) is 29.1 Å². The first-order valence-corrected chi connectivity index (χ1v) is 19.3. The van der Waals surface area contributed by atoms with Crippen LogP contribution in [0.3, 0.4) is 0 Å². The van der Waals surface area contributed by atoms with E-state index < -0.39 is 79.7 Å². The number of hydrogen-bond acceptors (Lipinski definition) is 10. The molecule has 52 heavy (non-hydrogen) atoms. The van der Waals surface area contributed by atoms with Crippen LogP contribution in [0.4, 0.5) is 4.79 Å². The SMILES string of the molecule is C=C[C@@H]1C[C@]1(NC(=O)[C@@H]1C[C@@H]2CN1C(=O)[C@@H](C(C)(C)C)NC(=O)OC(C)(C)CCC/C=C\c1cccc(c1)-c1nnn2n1)C(=O)NS(=O)(=O)C1CC1. The Labute approximate surface area is 304 Å². The molecule has 2 saturated carbocycles. The predicted octanol–water partition coefficient (Wildman–Crippen LogP) is 3.27. The molecule has 3 N–H and O–H groups in total. The largest absolute Gasteiger partial charge is 0.444 e. The summed E-state index contributed by atoms with van der Waals surface area (Å²) >= 11 is 0. The van der Waals surface area contributed by atoms with Crippen molar-refractivity contribution in [2.24, 2.45) is 11.3 Å². The number of carbonyl (C=O) groups excluding carboxylic acids is 4. The molecule has 6 rings (SSSR count). The van der Waals surface area contributed by atoms with Gasteiger partial charge in [-0.15, -0.1) is 16.8 Å². The smallest absolute Gasteiger partial charge is 0.408 e. The van der Waals surface area contributed by atoms with Crippen LogP contribution in [0.1, 0.15) is 91.2 Å². The van der Waals surface area contributed by atoms with Crippen LogP contribution in [-0.4, -0.2) is 92.4 Å². The number of nitrogens with zero attached hydrogens (tertiary/aromatic N) is 5. The molecule has 1 aromatic heterocycles. The summed E-state index contributed by atoms with van der Waals surface area (Å²) in [5.41, 5.74) is -1.50. The van der Waals surface area contributed by atoms with E-state index in [-0.39, 0.29) is 19.4 Å². The second-order valence-corrected chi connectivity index (χ2v) is 18.0. The van der Waals surface area contributed by atoms with Crippen molar-refractivity contribution in [3.63, 3.8) is 0 Å². The minimum atomic E-state index is -3.89. The van der Waals surface area contributed by atoms with Gasteiger partial charge >= 0.3 is 6.09 Å². The Bertz CT molecular complexity index is 1900. The molecular formula is C36H48N8O7S. The molecule has 3 heterocycles. The van der Waals surface area contributed by atoms with Crippen LogP contribution in [0, 0.1) is 11.3 Å². The summed E-state index contributed by atoms with van der Waals surface area (Å²) in [5, 5.41) is 18.2. The van der Waals surface area contributed by atoms with Gasteiger partial charge in [-0.2, -0.15) is 4.80 Å². The summed E-state index contributed by atoms with van der Waals surface area (Å²) in [6, 6.07) is 4.84. The van der Waals surface area contributed by atoms with Crippen molar-refractivity contribution < 1.29 is 32.3 Å². The van der Waals surface area contributed by atoms with Crippen molar-refractivity contribution in [3.05, 3.63) is 48.6 Å². The number of alkyl carbamates (subject to hydrolysis) is 1. The van der Waals surface area contributed by atoms with Crippen LogP contribution in [0.15, 0.2) is 43.0 Å². The minimum absolute atomic E-state index is 0.00948. The molecule has 5 atom stereocenters. The molecule has 0 radical (unpaired) electrons. The van der Waals surface area contributed by atoms with Crippen molar-refractivity contribution in [1.29, 1.82) is 0 Å². The van der Waals surface area contributed by atoms with Crippen molar-refractivity contribution >= 4 is 39.9 Å². The Hall–Kier alpha value is -4.60. The predicted molar refractivity (Wildman–Crippen MR) is 191 cm³/mol. The molecule has 1 aromatic carbocycles. The third kappa shape index (κ3) is 7.91. The van der Waals surface area contributed by atoms with E-state index in [4.69, 9.17) is 4.74 Å². The highest BCUT2D eigenvalue weighted by Crippen LogP contribution is 2.46. The molecule has 2 aliphatic heterocycles. The molecule has 3 fully saturated rings. The van der Waals surface area contributed by atoms with E-state index in [2.05, 4.69) is 43.4 Å². The number of tetrazole rings is 1. The second-order valence-electron chi connectivity index (χ2n) is 16.0. The molecule has 4 amide bonds. The normalized spacial score (nSPS) is 28.5. The number of nitrogens with one attached hydrogen (secondary N) is 3.